The predicted octanol–water partition coefficient (Wildman–Crippen LogP) is 4.46. The van der Waals surface area contributed by atoms with Gasteiger partial charge in [-0.05, 0) is 49.6 Å². The summed E-state index contributed by atoms with van der Waals surface area (Å²) >= 11 is 5.93. The molecular weight excluding hydrogens is 419 g/mol. The molecule has 1 amide bonds. The monoisotopic (exact) mass is 440 g/mol. The van der Waals surface area contributed by atoms with Gasteiger partial charge in [0.2, 0.25) is 0 Å². The Hall–Kier alpha value is -2.77. The van der Waals surface area contributed by atoms with Gasteiger partial charge in [0.25, 0.3) is 5.91 Å². The summed E-state index contributed by atoms with van der Waals surface area (Å²) in [5.74, 6) is -0.333. The lowest BCUT2D eigenvalue weighted by atomic mass is 10.1. The van der Waals surface area contributed by atoms with Crippen LogP contribution in [0.3, 0.4) is 0 Å². The van der Waals surface area contributed by atoms with Crippen molar-refractivity contribution in [1.82, 2.24) is 19.9 Å². The first-order valence-electron chi connectivity index (χ1n) is 10.4. The van der Waals surface area contributed by atoms with Gasteiger partial charge in [-0.15, -0.1) is 5.10 Å². The van der Waals surface area contributed by atoms with Gasteiger partial charge < -0.3 is 9.64 Å². The van der Waals surface area contributed by atoms with Crippen LogP contribution in [0, 0.1) is 12.7 Å². The van der Waals surface area contributed by atoms with Crippen LogP contribution in [0.1, 0.15) is 52.2 Å². The molecule has 3 aromatic rings. The Balaban J connectivity index is 1.42. The number of morpholine rings is 1. The molecule has 0 radical (unpaired) electrons. The molecule has 5 rings (SSSR count). The number of benzene rings is 2. The summed E-state index contributed by atoms with van der Waals surface area (Å²) < 4.78 is 21.2. The Bertz CT molecular complexity index is 1130. The number of halogens is 2. The van der Waals surface area contributed by atoms with Gasteiger partial charge in [0, 0.05) is 12.5 Å². The van der Waals surface area contributed by atoms with Crippen LogP contribution in [0.25, 0.3) is 5.69 Å². The van der Waals surface area contributed by atoms with E-state index in [2.05, 4.69) is 10.3 Å². The number of aromatic nitrogens is 3. The molecule has 2 heterocycles. The fourth-order valence-electron chi connectivity index (χ4n) is 3.94. The number of aryl methyl sites for hydroxylation is 1. The van der Waals surface area contributed by atoms with E-state index in [0.717, 1.165) is 35.3 Å². The number of hydrogen-bond donors (Lipinski definition) is 0. The molecule has 2 aromatic carbocycles. The van der Waals surface area contributed by atoms with E-state index in [9.17, 15) is 9.18 Å². The zero-order valence-electron chi connectivity index (χ0n) is 17.1. The fourth-order valence-corrected chi connectivity index (χ4v) is 4.13. The van der Waals surface area contributed by atoms with Crippen molar-refractivity contribution in [3.8, 4) is 5.69 Å². The standard InChI is InChI=1S/C23H22ClFN4O2/c1-14-2-7-17(8-3-14)29-22(15-4-5-15)21(26-27-29)23(30)28-10-11-31-20(13-28)16-6-9-19(25)18(24)12-16/h2-3,6-9,12,15,20H,4-5,10-11,13H2,1H3. The number of amides is 1. The van der Waals surface area contributed by atoms with Crippen molar-refractivity contribution in [2.24, 2.45) is 0 Å². The maximum absolute atomic E-state index is 13.5. The van der Waals surface area contributed by atoms with E-state index >= 15 is 0 Å². The molecule has 0 N–H and O–H groups in total. The molecule has 1 aliphatic carbocycles. The third-order valence-electron chi connectivity index (χ3n) is 5.82. The van der Waals surface area contributed by atoms with E-state index in [1.54, 1.807) is 21.7 Å². The molecule has 1 aromatic heterocycles. The average Bonchev–Trinajstić information content (AvgIpc) is 3.54. The van der Waals surface area contributed by atoms with Crippen LogP contribution in [0.4, 0.5) is 4.39 Å². The number of rotatable bonds is 4. The SMILES string of the molecule is Cc1ccc(-n2nnc(C(=O)N3CCOC(c4ccc(F)c(Cl)c4)C3)c2C2CC2)cc1. The summed E-state index contributed by atoms with van der Waals surface area (Å²) in [4.78, 5) is 15.2. The molecule has 160 valence electrons. The van der Waals surface area contributed by atoms with Gasteiger partial charge in [-0.2, -0.15) is 0 Å². The van der Waals surface area contributed by atoms with Gasteiger partial charge in [0.05, 0.1) is 29.6 Å². The van der Waals surface area contributed by atoms with Crippen LogP contribution in [0.5, 0.6) is 0 Å². The summed E-state index contributed by atoms with van der Waals surface area (Å²) in [6, 6.07) is 12.5. The first-order valence-corrected chi connectivity index (χ1v) is 10.8. The average molecular weight is 441 g/mol. The van der Waals surface area contributed by atoms with E-state index in [0.29, 0.717) is 31.3 Å². The van der Waals surface area contributed by atoms with E-state index in [-0.39, 0.29) is 17.0 Å². The van der Waals surface area contributed by atoms with E-state index < -0.39 is 5.82 Å². The molecule has 1 unspecified atom stereocenters. The topological polar surface area (TPSA) is 60.2 Å². The third-order valence-corrected chi connectivity index (χ3v) is 6.11. The lowest BCUT2D eigenvalue weighted by molar-refractivity contribution is -0.0230. The molecule has 6 nitrogen and oxygen atoms in total. The second-order valence-corrected chi connectivity index (χ2v) is 8.54. The van der Waals surface area contributed by atoms with Crippen LogP contribution in [0.15, 0.2) is 42.5 Å². The Morgan fingerprint density at radius 3 is 2.68 bits per heavy atom. The summed E-state index contributed by atoms with van der Waals surface area (Å²) in [6.45, 7) is 3.23. The number of carbonyl (C=O) groups is 1. The van der Waals surface area contributed by atoms with Gasteiger partial charge >= 0.3 is 0 Å². The van der Waals surface area contributed by atoms with Gasteiger partial charge in [-0.25, -0.2) is 9.07 Å². The highest BCUT2D eigenvalue weighted by atomic mass is 35.5. The second-order valence-electron chi connectivity index (χ2n) is 8.13. The molecule has 1 saturated carbocycles. The van der Waals surface area contributed by atoms with Crippen molar-refractivity contribution in [2.45, 2.75) is 31.8 Å². The van der Waals surface area contributed by atoms with Crippen LogP contribution in [-0.2, 0) is 4.74 Å². The number of carbonyl (C=O) groups excluding carboxylic acids is 1. The molecule has 0 bridgehead atoms. The first-order chi connectivity index (χ1) is 15.0. The van der Waals surface area contributed by atoms with Crippen LogP contribution < -0.4 is 0 Å². The van der Waals surface area contributed by atoms with Crippen LogP contribution >= 0.6 is 11.6 Å². The molecule has 8 heteroatoms. The molecule has 0 spiro atoms. The predicted molar refractivity (Wildman–Crippen MR) is 114 cm³/mol. The number of ether oxygens (including phenoxy) is 1. The Labute approximate surface area is 184 Å². The van der Waals surface area contributed by atoms with Crippen LogP contribution in [-0.4, -0.2) is 45.5 Å². The van der Waals surface area contributed by atoms with Gasteiger partial charge in [-0.1, -0.05) is 40.6 Å². The maximum atomic E-state index is 13.5. The van der Waals surface area contributed by atoms with Gasteiger partial charge in [0.15, 0.2) is 5.69 Å². The van der Waals surface area contributed by atoms with Gasteiger partial charge in [0.1, 0.15) is 11.9 Å². The van der Waals surface area contributed by atoms with Crippen molar-refractivity contribution in [3.05, 3.63) is 75.8 Å². The van der Waals surface area contributed by atoms with E-state index in [4.69, 9.17) is 16.3 Å². The number of hydrogen-bond acceptors (Lipinski definition) is 4. The first kappa shape index (κ1) is 20.2. The molecule has 2 aliphatic rings. The zero-order chi connectivity index (χ0) is 21.5. The molecule has 1 saturated heterocycles. The van der Waals surface area contributed by atoms with Gasteiger partial charge in [-0.3, -0.25) is 4.79 Å². The summed E-state index contributed by atoms with van der Waals surface area (Å²) in [5, 5.41) is 8.65. The molecular formula is C23H22ClFN4O2. The highest BCUT2D eigenvalue weighted by Gasteiger charge is 2.37. The second kappa shape index (κ2) is 8.05. The van der Waals surface area contributed by atoms with Crippen LogP contribution in [0.2, 0.25) is 5.02 Å². The number of nitrogens with zero attached hydrogens (tertiary/aromatic N) is 4. The third kappa shape index (κ3) is 3.95. The smallest absolute Gasteiger partial charge is 0.276 e. The maximum Gasteiger partial charge on any atom is 0.276 e. The fraction of sp³-hybridized carbons (Fsp3) is 0.348. The Morgan fingerprint density at radius 1 is 1.19 bits per heavy atom. The Morgan fingerprint density at radius 2 is 1.97 bits per heavy atom. The van der Waals surface area contributed by atoms with Crippen molar-refractivity contribution in [1.29, 1.82) is 0 Å². The van der Waals surface area contributed by atoms with Crippen molar-refractivity contribution >= 4 is 17.5 Å². The highest BCUT2D eigenvalue weighted by molar-refractivity contribution is 6.30. The van der Waals surface area contributed by atoms with Crippen molar-refractivity contribution in [2.75, 3.05) is 19.7 Å². The van der Waals surface area contributed by atoms with Crippen molar-refractivity contribution < 1.29 is 13.9 Å². The molecule has 31 heavy (non-hydrogen) atoms. The van der Waals surface area contributed by atoms with E-state index in [1.165, 1.54) is 6.07 Å². The summed E-state index contributed by atoms with van der Waals surface area (Å²) in [7, 11) is 0. The minimum Gasteiger partial charge on any atom is -0.370 e. The minimum absolute atomic E-state index is 0.0432. The largest absolute Gasteiger partial charge is 0.370 e. The quantitative estimate of drug-likeness (QED) is 0.601. The lowest BCUT2D eigenvalue weighted by Crippen LogP contribution is -2.42. The molecule has 1 atom stereocenters. The zero-order valence-corrected chi connectivity index (χ0v) is 17.8. The molecule has 2 fully saturated rings. The van der Waals surface area contributed by atoms with E-state index in [1.807, 2.05) is 31.2 Å². The summed E-state index contributed by atoms with van der Waals surface area (Å²) in [5.41, 5.74) is 4.09. The highest BCUT2D eigenvalue weighted by Crippen LogP contribution is 2.42. The normalized spacial score (nSPS) is 18.9. The molecule has 1 aliphatic heterocycles. The summed E-state index contributed by atoms with van der Waals surface area (Å²) in [6.07, 6.45) is 1.69. The lowest BCUT2D eigenvalue weighted by Gasteiger charge is -2.33. The van der Waals surface area contributed by atoms with Crippen molar-refractivity contribution in [3.63, 3.8) is 0 Å². The minimum atomic E-state index is -0.476. The Kier molecular flexibility index (Phi) is 5.24.